The second kappa shape index (κ2) is 13.5. The molecule has 50 heavy (non-hydrogen) atoms. The highest BCUT2D eigenvalue weighted by Gasteiger charge is 2.64. The molecule has 1 aromatic heterocycles. The van der Waals surface area contributed by atoms with Crippen molar-refractivity contribution < 1.29 is 63.3 Å². The molecule has 2 atom stereocenters. The number of primary amides is 1. The van der Waals surface area contributed by atoms with Crippen LogP contribution < -0.4 is 15.8 Å². The topological polar surface area (TPSA) is 127 Å². The van der Waals surface area contributed by atoms with Gasteiger partial charge in [-0.25, -0.2) is 35.7 Å². The molecular weight excluding hydrogens is 689 g/mol. The fourth-order valence-electron chi connectivity index (χ4n) is 5.79. The number of carbonyl (C=O) groups is 3. The van der Waals surface area contributed by atoms with Crippen molar-refractivity contribution in [3.63, 3.8) is 0 Å². The van der Waals surface area contributed by atoms with Crippen molar-refractivity contribution in [2.45, 2.75) is 56.5 Å². The number of hydrogen-bond acceptors (Lipinski definition) is 6. The summed E-state index contributed by atoms with van der Waals surface area (Å²) in [5, 5.41) is 5.71. The highest BCUT2D eigenvalue weighted by molar-refractivity contribution is 5.94. The highest BCUT2D eigenvalue weighted by atomic mass is 19.3. The molecule has 9 nitrogen and oxygen atoms in total. The van der Waals surface area contributed by atoms with Crippen LogP contribution in [0, 0.1) is 17.5 Å². The Morgan fingerprint density at radius 3 is 2.26 bits per heavy atom. The van der Waals surface area contributed by atoms with Crippen LogP contribution in [0.5, 0.6) is 5.88 Å². The molecular formula is C32H25F9N5O4+. The maximum atomic E-state index is 15.0. The molecule has 0 fully saturated rings. The third kappa shape index (κ3) is 7.47. The van der Waals surface area contributed by atoms with E-state index in [0.29, 0.717) is 6.07 Å². The number of azo groups is 2. The number of halogens is 9. The summed E-state index contributed by atoms with van der Waals surface area (Å²) in [6.07, 6.45) is -7.00. The molecule has 1 aliphatic carbocycles. The number of allylic oxidation sites excluding steroid dienone is 1. The molecule has 1 unspecified atom stereocenters. The maximum absolute atomic E-state index is 15.0. The number of rotatable bonds is 10. The maximum Gasteiger partial charge on any atom is 0.332 e. The Kier molecular flexibility index (Phi) is 9.76. The second-order valence-corrected chi connectivity index (χ2v) is 11.5. The summed E-state index contributed by atoms with van der Waals surface area (Å²) in [4.78, 5) is 41.4. The summed E-state index contributed by atoms with van der Waals surface area (Å²) >= 11 is 0. The second-order valence-electron chi connectivity index (χ2n) is 11.5. The minimum absolute atomic E-state index is 0.0117. The first kappa shape index (κ1) is 36.0. The van der Waals surface area contributed by atoms with Crippen LogP contribution in [0.1, 0.15) is 47.4 Å². The lowest BCUT2D eigenvalue weighted by Gasteiger charge is -2.27. The smallest absolute Gasteiger partial charge is 0.332 e. The average molecular weight is 715 g/mol. The van der Waals surface area contributed by atoms with E-state index in [0.717, 1.165) is 31.2 Å². The number of benzene rings is 2. The SMILES string of the molecule is CC(=O)Oc1ccc(-c2ccc(F)c(C(N)=O)c2)c([C@H](Cc2cc(F)cc(F)c2)NC(=O)C[N+]2=NC(C(F)F)C3=C2C(F)(F)CCC3(F)F)n1. The monoisotopic (exact) mass is 714 g/mol. The van der Waals surface area contributed by atoms with Crippen LogP contribution in [0.4, 0.5) is 39.5 Å². The number of aromatic nitrogens is 1. The molecule has 0 saturated carbocycles. The fourth-order valence-corrected chi connectivity index (χ4v) is 5.79. The van der Waals surface area contributed by atoms with E-state index in [1.165, 1.54) is 18.2 Å². The Bertz CT molecular complexity index is 1930. The third-order valence-electron chi connectivity index (χ3n) is 7.82. The van der Waals surface area contributed by atoms with Gasteiger partial charge in [-0.3, -0.25) is 14.4 Å². The molecule has 0 radical (unpaired) electrons. The minimum Gasteiger partial charge on any atom is -0.408 e. The van der Waals surface area contributed by atoms with Crippen LogP contribution >= 0.6 is 0 Å². The van der Waals surface area contributed by atoms with E-state index in [1.807, 2.05) is 0 Å². The van der Waals surface area contributed by atoms with Crippen LogP contribution in [0.25, 0.3) is 11.1 Å². The average Bonchev–Trinajstić information content (AvgIpc) is 3.41. The predicted molar refractivity (Wildman–Crippen MR) is 154 cm³/mol. The lowest BCUT2D eigenvalue weighted by Crippen LogP contribution is -2.42. The molecule has 3 N–H and O–H groups in total. The van der Waals surface area contributed by atoms with Crippen molar-refractivity contribution in [2.75, 3.05) is 6.54 Å². The molecule has 2 heterocycles. The lowest BCUT2D eigenvalue weighted by atomic mass is 9.86. The highest BCUT2D eigenvalue weighted by Crippen LogP contribution is 2.51. The van der Waals surface area contributed by atoms with Crippen LogP contribution in [-0.2, 0) is 16.0 Å². The molecule has 5 rings (SSSR count). The van der Waals surface area contributed by atoms with E-state index in [2.05, 4.69) is 15.4 Å². The third-order valence-corrected chi connectivity index (χ3v) is 7.82. The summed E-state index contributed by atoms with van der Waals surface area (Å²) in [6, 6.07) is 3.65. The van der Waals surface area contributed by atoms with Crippen molar-refractivity contribution in [3.8, 4) is 17.0 Å². The molecule has 2 aromatic carbocycles. The fraction of sp³-hybridized carbons (Fsp3) is 0.312. The first-order valence-corrected chi connectivity index (χ1v) is 14.7. The zero-order valence-electron chi connectivity index (χ0n) is 25.6. The van der Waals surface area contributed by atoms with Gasteiger partial charge in [-0.15, -0.1) is 0 Å². The number of amides is 2. The van der Waals surface area contributed by atoms with Gasteiger partial charge in [0, 0.05) is 37.5 Å². The number of esters is 1. The van der Waals surface area contributed by atoms with Crippen LogP contribution in [0.3, 0.4) is 0 Å². The van der Waals surface area contributed by atoms with E-state index in [1.54, 1.807) is 0 Å². The van der Waals surface area contributed by atoms with Crippen LogP contribution in [0.2, 0.25) is 0 Å². The largest absolute Gasteiger partial charge is 0.408 e. The number of hydrogen-bond donors (Lipinski definition) is 2. The molecule has 3 aromatic rings. The van der Waals surface area contributed by atoms with E-state index >= 15 is 0 Å². The summed E-state index contributed by atoms with van der Waals surface area (Å²) in [5.41, 5.74) is 1.27. The van der Waals surface area contributed by atoms with Crippen molar-refractivity contribution in [3.05, 3.63) is 94.1 Å². The Hall–Kier alpha value is -5.29. The molecule has 2 aliphatic rings. The Balaban J connectivity index is 1.61. The normalized spacial score (nSPS) is 18.4. The van der Waals surface area contributed by atoms with Gasteiger partial charge in [0.2, 0.25) is 11.9 Å². The van der Waals surface area contributed by atoms with Crippen LogP contribution in [0.15, 0.2) is 64.9 Å². The molecule has 0 spiro atoms. The van der Waals surface area contributed by atoms with E-state index in [9.17, 15) is 53.9 Å². The van der Waals surface area contributed by atoms with Gasteiger partial charge in [-0.05, 0) is 53.0 Å². The van der Waals surface area contributed by atoms with Crippen molar-refractivity contribution >= 4 is 17.8 Å². The minimum atomic E-state index is -4.08. The predicted octanol–water partition coefficient (Wildman–Crippen LogP) is 6.02. The van der Waals surface area contributed by atoms with E-state index in [4.69, 9.17) is 10.5 Å². The Labute approximate surface area is 276 Å². The van der Waals surface area contributed by atoms with Crippen molar-refractivity contribution in [2.24, 2.45) is 10.8 Å². The number of pyridine rings is 1. The van der Waals surface area contributed by atoms with E-state index in [-0.39, 0.29) is 33.0 Å². The van der Waals surface area contributed by atoms with Gasteiger partial charge in [0.05, 0.1) is 17.3 Å². The molecule has 0 saturated heterocycles. The standard InChI is InChI=1S/C32H24F9N5O4/c1-14(47)50-24-5-3-19(16-2-4-21(35)20(11-16)30(42)49)26(44-24)22(10-15-8-17(33)12-18(34)9-15)43-23(48)13-46-28-25(27(45-46)29(36)37)31(38,39)6-7-32(28,40)41/h2-5,8-9,11-12,22,27,29H,6-7,10,13H2,1H3,(H2-,42,43,48,49)/p+1/t22-,27?/m0/s1. The molecule has 1 aliphatic heterocycles. The van der Waals surface area contributed by atoms with Gasteiger partial charge in [0.15, 0.2) is 0 Å². The number of nitrogens with two attached hydrogens (primary N) is 1. The first-order chi connectivity index (χ1) is 23.4. The molecule has 264 valence electrons. The van der Waals surface area contributed by atoms with Gasteiger partial charge < -0.3 is 15.8 Å². The van der Waals surface area contributed by atoms with Gasteiger partial charge >= 0.3 is 11.9 Å². The molecule has 2 amide bonds. The van der Waals surface area contributed by atoms with E-state index < -0.39 is 108 Å². The number of ether oxygens (including phenoxy) is 1. The zero-order chi connectivity index (χ0) is 36.7. The van der Waals surface area contributed by atoms with Gasteiger partial charge in [0.25, 0.3) is 36.4 Å². The zero-order valence-corrected chi connectivity index (χ0v) is 25.6. The van der Waals surface area contributed by atoms with Gasteiger partial charge in [0.1, 0.15) is 23.0 Å². The number of alkyl halides is 6. The Morgan fingerprint density at radius 1 is 0.980 bits per heavy atom. The summed E-state index contributed by atoms with van der Waals surface area (Å²) in [5.74, 6) is -14.9. The lowest BCUT2D eigenvalue weighted by molar-refractivity contribution is -0.549. The molecule has 0 bridgehead atoms. The molecule has 18 heteroatoms. The summed E-state index contributed by atoms with van der Waals surface area (Å²) in [7, 11) is 0. The Morgan fingerprint density at radius 2 is 1.64 bits per heavy atom. The van der Waals surface area contributed by atoms with Crippen molar-refractivity contribution in [1.82, 2.24) is 10.3 Å². The number of nitrogens with zero attached hydrogens (tertiary/aromatic N) is 3. The number of nitrogens with one attached hydrogen (secondary N) is 1. The van der Waals surface area contributed by atoms with Gasteiger partial charge in [-0.1, -0.05) is 10.8 Å². The van der Waals surface area contributed by atoms with Crippen LogP contribution in [-0.4, -0.2) is 58.3 Å². The summed E-state index contributed by atoms with van der Waals surface area (Å²) in [6.45, 7) is -0.258. The quantitative estimate of drug-likeness (QED) is 0.151. The summed E-state index contributed by atoms with van der Waals surface area (Å²) < 4.78 is 135. The van der Waals surface area contributed by atoms with Gasteiger partial charge in [-0.2, -0.15) is 8.78 Å². The number of carbonyl (C=O) groups excluding carboxylic acids is 3. The first-order valence-electron chi connectivity index (χ1n) is 14.7. The van der Waals surface area contributed by atoms with Crippen molar-refractivity contribution in [1.29, 1.82) is 0 Å².